The van der Waals surface area contributed by atoms with E-state index in [1.165, 1.54) is 4.57 Å². The van der Waals surface area contributed by atoms with Gasteiger partial charge in [-0.25, -0.2) is 9.18 Å². The molecule has 1 aromatic heterocycles. The number of benzene rings is 1. The molecule has 1 aliphatic heterocycles. The molecular formula is C10H8FN3O. The molecule has 1 unspecified atom stereocenters. The number of hydrogen-bond donors (Lipinski definition) is 1. The minimum atomic E-state index is -1.20. The summed E-state index contributed by atoms with van der Waals surface area (Å²) in [5.41, 5.74) is 0.187. The zero-order valence-corrected chi connectivity index (χ0v) is 7.77. The fourth-order valence-corrected chi connectivity index (χ4v) is 1.86. The summed E-state index contributed by atoms with van der Waals surface area (Å²) in [6, 6.07) is 7.19. The van der Waals surface area contributed by atoms with E-state index in [-0.39, 0.29) is 6.54 Å². The van der Waals surface area contributed by atoms with Gasteiger partial charge in [0.15, 0.2) is 6.30 Å². The van der Waals surface area contributed by atoms with Gasteiger partial charge in [-0.1, -0.05) is 12.1 Å². The molecule has 1 atom stereocenters. The molecule has 2 aromatic rings. The number of fused-ring (bicyclic) bond motifs is 3. The second kappa shape index (κ2) is 2.79. The molecule has 1 aliphatic rings. The molecule has 0 spiro atoms. The molecule has 0 bridgehead atoms. The monoisotopic (exact) mass is 205 g/mol. The first-order valence-corrected chi connectivity index (χ1v) is 4.66. The molecule has 0 radical (unpaired) electrons. The van der Waals surface area contributed by atoms with E-state index in [0.29, 0.717) is 11.3 Å². The van der Waals surface area contributed by atoms with E-state index >= 15 is 0 Å². The Bertz CT molecular complexity index is 593. The van der Waals surface area contributed by atoms with Gasteiger partial charge in [0.2, 0.25) is 0 Å². The molecule has 3 rings (SSSR count). The third kappa shape index (κ3) is 1.12. The standard InChI is InChI=1S/C10H8FN3O/c11-8-5-14-9(13-8)6-3-1-2-4-7(6)12-10(14)15/h1-4,8,13H,5H2. The molecule has 2 heterocycles. The number of halogens is 1. The molecule has 1 N–H and O–H groups in total. The summed E-state index contributed by atoms with van der Waals surface area (Å²) < 4.78 is 14.5. The molecular weight excluding hydrogens is 197 g/mol. The average molecular weight is 205 g/mol. The maximum Gasteiger partial charge on any atom is 0.349 e. The number of para-hydroxylation sites is 1. The quantitative estimate of drug-likeness (QED) is 0.655. The van der Waals surface area contributed by atoms with Crippen LogP contribution >= 0.6 is 0 Å². The first kappa shape index (κ1) is 8.40. The van der Waals surface area contributed by atoms with Gasteiger partial charge in [0.1, 0.15) is 5.82 Å². The van der Waals surface area contributed by atoms with Crippen LogP contribution in [0.2, 0.25) is 0 Å². The van der Waals surface area contributed by atoms with E-state index in [2.05, 4.69) is 10.3 Å². The van der Waals surface area contributed by atoms with Crippen LogP contribution in [0.3, 0.4) is 0 Å². The lowest BCUT2D eigenvalue weighted by molar-refractivity contribution is 0.355. The highest BCUT2D eigenvalue weighted by Crippen LogP contribution is 2.25. The topological polar surface area (TPSA) is 46.9 Å². The molecule has 76 valence electrons. The number of nitrogens with zero attached hydrogens (tertiary/aromatic N) is 2. The van der Waals surface area contributed by atoms with Gasteiger partial charge >= 0.3 is 5.69 Å². The summed E-state index contributed by atoms with van der Waals surface area (Å²) in [7, 11) is 0. The van der Waals surface area contributed by atoms with Crippen molar-refractivity contribution < 1.29 is 4.39 Å². The SMILES string of the molecule is O=c1nc2ccccc2c2n1CC(F)N2. The number of hydrogen-bond acceptors (Lipinski definition) is 3. The lowest BCUT2D eigenvalue weighted by Gasteiger charge is -2.04. The largest absolute Gasteiger partial charge is 0.349 e. The first-order valence-electron chi connectivity index (χ1n) is 4.66. The highest BCUT2D eigenvalue weighted by Gasteiger charge is 2.23. The van der Waals surface area contributed by atoms with Gasteiger partial charge in [0, 0.05) is 5.39 Å². The van der Waals surface area contributed by atoms with E-state index in [0.717, 1.165) is 5.39 Å². The van der Waals surface area contributed by atoms with E-state index < -0.39 is 12.0 Å². The number of aromatic nitrogens is 2. The van der Waals surface area contributed by atoms with Gasteiger partial charge in [-0.2, -0.15) is 4.98 Å². The summed E-state index contributed by atoms with van der Waals surface area (Å²) >= 11 is 0. The van der Waals surface area contributed by atoms with Gasteiger partial charge in [-0.3, -0.25) is 4.57 Å². The van der Waals surface area contributed by atoms with Crippen molar-refractivity contribution in [1.82, 2.24) is 9.55 Å². The van der Waals surface area contributed by atoms with Crippen molar-refractivity contribution in [2.24, 2.45) is 0 Å². The Morgan fingerprint density at radius 2 is 2.27 bits per heavy atom. The Hall–Kier alpha value is -1.91. The fraction of sp³-hybridized carbons (Fsp3) is 0.200. The third-order valence-electron chi connectivity index (χ3n) is 2.51. The maximum atomic E-state index is 13.1. The zero-order valence-electron chi connectivity index (χ0n) is 7.77. The highest BCUT2D eigenvalue weighted by atomic mass is 19.1. The maximum absolute atomic E-state index is 13.1. The van der Waals surface area contributed by atoms with Gasteiger partial charge in [-0.15, -0.1) is 0 Å². The van der Waals surface area contributed by atoms with Crippen molar-refractivity contribution in [3.8, 4) is 0 Å². The molecule has 0 aliphatic carbocycles. The predicted molar refractivity (Wildman–Crippen MR) is 54.5 cm³/mol. The van der Waals surface area contributed by atoms with Gasteiger partial charge in [-0.05, 0) is 12.1 Å². The molecule has 0 amide bonds. The number of anilines is 1. The molecule has 0 saturated heterocycles. The molecule has 15 heavy (non-hydrogen) atoms. The van der Waals surface area contributed by atoms with Crippen LogP contribution in [0.15, 0.2) is 29.1 Å². The van der Waals surface area contributed by atoms with Crippen LogP contribution < -0.4 is 11.0 Å². The Morgan fingerprint density at radius 3 is 3.13 bits per heavy atom. The lowest BCUT2D eigenvalue weighted by atomic mass is 10.2. The van der Waals surface area contributed by atoms with Crippen molar-refractivity contribution in [3.05, 3.63) is 34.7 Å². The Kier molecular flexibility index (Phi) is 1.56. The van der Waals surface area contributed by atoms with E-state index in [1.54, 1.807) is 12.1 Å². The second-order valence-corrected chi connectivity index (χ2v) is 3.48. The van der Waals surface area contributed by atoms with Crippen molar-refractivity contribution in [3.63, 3.8) is 0 Å². The summed E-state index contributed by atoms with van der Waals surface area (Å²) in [4.78, 5) is 15.4. The smallest absolute Gasteiger partial charge is 0.340 e. The normalized spacial score (nSPS) is 18.9. The van der Waals surface area contributed by atoms with Crippen LogP contribution in [0.25, 0.3) is 10.9 Å². The molecule has 5 heteroatoms. The average Bonchev–Trinajstić information content (AvgIpc) is 2.61. The predicted octanol–water partition coefficient (Wildman–Crippen LogP) is 1.12. The Labute approximate surface area is 84.4 Å². The van der Waals surface area contributed by atoms with Crippen molar-refractivity contribution in [1.29, 1.82) is 0 Å². The van der Waals surface area contributed by atoms with Crippen LogP contribution in [0.5, 0.6) is 0 Å². The van der Waals surface area contributed by atoms with Gasteiger partial charge in [0.25, 0.3) is 0 Å². The first-order chi connectivity index (χ1) is 7.25. The van der Waals surface area contributed by atoms with Crippen LogP contribution in [-0.2, 0) is 6.54 Å². The van der Waals surface area contributed by atoms with E-state index in [4.69, 9.17) is 0 Å². The summed E-state index contributed by atoms with van der Waals surface area (Å²) in [5, 5.41) is 3.41. The molecule has 4 nitrogen and oxygen atoms in total. The van der Waals surface area contributed by atoms with Crippen LogP contribution in [0, 0.1) is 0 Å². The molecule has 0 fully saturated rings. The number of rotatable bonds is 0. The van der Waals surface area contributed by atoms with E-state index in [1.807, 2.05) is 12.1 Å². The molecule has 0 saturated carbocycles. The van der Waals surface area contributed by atoms with Gasteiger partial charge in [0.05, 0.1) is 12.1 Å². The van der Waals surface area contributed by atoms with Crippen molar-refractivity contribution in [2.75, 3.05) is 5.32 Å². The lowest BCUT2D eigenvalue weighted by Crippen LogP contribution is -2.21. The summed E-state index contributed by atoms with van der Waals surface area (Å²) in [6.45, 7) is 0.0337. The fourth-order valence-electron chi connectivity index (χ4n) is 1.86. The van der Waals surface area contributed by atoms with Crippen LogP contribution in [-0.4, -0.2) is 15.8 Å². The van der Waals surface area contributed by atoms with E-state index in [9.17, 15) is 9.18 Å². The van der Waals surface area contributed by atoms with Gasteiger partial charge < -0.3 is 5.32 Å². The minimum Gasteiger partial charge on any atom is -0.340 e. The summed E-state index contributed by atoms with van der Waals surface area (Å²) in [5.74, 6) is 0.526. The Morgan fingerprint density at radius 1 is 1.47 bits per heavy atom. The summed E-state index contributed by atoms with van der Waals surface area (Å²) in [6.07, 6.45) is -1.20. The second-order valence-electron chi connectivity index (χ2n) is 3.48. The number of nitrogens with one attached hydrogen (secondary N) is 1. The zero-order chi connectivity index (χ0) is 10.4. The van der Waals surface area contributed by atoms with Crippen molar-refractivity contribution in [2.45, 2.75) is 12.8 Å². The van der Waals surface area contributed by atoms with Crippen LogP contribution in [0.1, 0.15) is 0 Å². The minimum absolute atomic E-state index is 0.0337. The van der Waals surface area contributed by atoms with Crippen molar-refractivity contribution >= 4 is 16.7 Å². The highest BCUT2D eigenvalue weighted by molar-refractivity contribution is 5.89. The van der Waals surface area contributed by atoms with Crippen LogP contribution in [0.4, 0.5) is 10.2 Å². The number of alkyl halides is 1. The molecule has 1 aromatic carbocycles. The third-order valence-corrected chi connectivity index (χ3v) is 2.51. The Balaban J connectivity index is 2.43.